The van der Waals surface area contributed by atoms with E-state index in [9.17, 15) is 0 Å². The average Bonchev–Trinajstić information content (AvgIpc) is 2.35. The summed E-state index contributed by atoms with van der Waals surface area (Å²) < 4.78 is 5.88. The Balaban J connectivity index is 3.00. The fraction of sp³-hybridized carbons (Fsp3) is 0.600. The third-order valence-electron chi connectivity index (χ3n) is 3.27. The van der Waals surface area contributed by atoms with E-state index in [0.29, 0.717) is 23.1 Å². The molecule has 0 heterocycles. The zero-order chi connectivity index (χ0) is 15.3. The van der Waals surface area contributed by atoms with E-state index in [0.717, 1.165) is 5.56 Å². The summed E-state index contributed by atoms with van der Waals surface area (Å²) in [6, 6.07) is 5.45. The molecule has 0 aliphatic rings. The Morgan fingerprint density at radius 2 is 1.80 bits per heavy atom. The summed E-state index contributed by atoms with van der Waals surface area (Å²) in [6.07, 6.45) is 0.585. The van der Waals surface area contributed by atoms with Crippen LogP contribution in [0.5, 0.6) is 0 Å². The van der Waals surface area contributed by atoms with Gasteiger partial charge in [-0.2, -0.15) is 0 Å². The number of nitrogens with one attached hydrogen (secondary N) is 1. The summed E-state index contributed by atoms with van der Waals surface area (Å²) in [7, 11) is 0. The number of halogens is 2. The monoisotopic (exact) mass is 318 g/mol. The molecule has 0 amide bonds. The van der Waals surface area contributed by atoms with Crippen molar-refractivity contribution in [3.05, 3.63) is 33.8 Å². The number of hydrogen-bond acceptors (Lipinski definition) is 3. The van der Waals surface area contributed by atoms with Crippen LogP contribution in [0, 0.1) is 5.41 Å². The maximum atomic E-state index is 6.23. The van der Waals surface area contributed by atoms with Crippen molar-refractivity contribution < 1.29 is 4.74 Å². The van der Waals surface area contributed by atoms with E-state index in [1.165, 1.54) is 0 Å². The largest absolute Gasteiger partial charge is 0.376 e. The quantitative estimate of drug-likeness (QED) is 0.619. The van der Waals surface area contributed by atoms with Crippen molar-refractivity contribution in [1.29, 1.82) is 0 Å². The summed E-state index contributed by atoms with van der Waals surface area (Å²) in [5.74, 6) is 5.73. The molecule has 0 saturated heterocycles. The van der Waals surface area contributed by atoms with Gasteiger partial charge in [0.05, 0.1) is 12.1 Å². The van der Waals surface area contributed by atoms with Gasteiger partial charge in [0, 0.05) is 16.7 Å². The van der Waals surface area contributed by atoms with Crippen LogP contribution in [0.3, 0.4) is 0 Å². The van der Waals surface area contributed by atoms with E-state index >= 15 is 0 Å². The molecule has 5 heteroatoms. The standard InChI is InChI=1S/C15H24Cl2N2O/c1-5-20-14(15(2,3)4)13(19-18)9-10-11(16)7-6-8-12(10)17/h6-8,13-14,19H,5,9,18H2,1-4H3. The molecule has 114 valence electrons. The fourth-order valence-corrected chi connectivity index (χ4v) is 2.90. The van der Waals surface area contributed by atoms with Gasteiger partial charge < -0.3 is 4.74 Å². The molecule has 0 aliphatic carbocycles. The molecule has 1 aromatic carbocycles. The predicted molar refractivity (Wildman–Crippen MR) is 86.1 cm³/mol. The summed E-state index contributed by atoms with van der Waals surface area (Å²) in [5.41, 5.74) is 3.71. The molecule has 2 unspecified atom stereocenters. The molecule has 2 atom stereocenters. The van der Waals surface area contributed by atoms with E-state index in [1.807, 2.05) is 25.1 Å². The number of hydrazine groups is 1. The Morgan fingerprint density at radius 1 is 1.25 bits per heavy atom. The summed E-state index contributed by atoms with van der Waals surface area (Å²) in [6.45, 7) is 9.01. The van der Waals surface area contributed by atoms with E-state index in [2.05, 4.69) is 26.2 Å². The Labute approximate surface area is 131 Å². The summed E-state index contributed by atoms with van der Waals surface area (Å²) in [4.78, 5) is 0. The molecule has 20 heavy (non-hydrogen) atoms. The van der Waals surface area contributed by atoms with Crippen LogP contribution >= 0.6 is 23.2 Å². The highest BCUT2D eigenvalue weighted by molar-refractivity contribution is 6.36. The molecule has 0 saturated carbocycles. The van der Waals surface area contributed by atoms with Crippen molar-refractivity contribution in [3.63, 3.8) is 0 Å². The number of ether oxygens (including phenoxy) is 1. The second-order valence-corrected chi connectivity index (χ2v) is 6.73. The lowest BCUT2D eigenvalue weighted by molar-refractivity contribution is -0.0356. The first-order valence-electron chi connectivity index (χ1n) is 6.81. The van der Waals surface area contributed by atoms with Crippen molar-refractivity contribution in [3.8, 4) is 0 Å². The third kappa shape index (κ3) is 4.61. The van der Waals surface area contributed by atoms with Gasteiger partial charge in [0.1, 0.15) is 0 Å². The van der Waals surface area contributed by atoms with E-state index in [-0.39, 0.29) is 17.6 Å². The molecule has 0 radical (unpaired) electrons. The number of rotatable bonds is 6. The zero-order valence-corrected chi connectivity index (χ0v) is 14.1. The Bertz CT molecular complexity index is 412. The minimum Gasteiger partial charge on any atom is -0.376 e. The average molecular weight is 319 g/mol. The molecule has 0 aliphatic heterocycles. The molecule has 0 spiro atoms. The first kappa shape index (κ1) is 17.7. The van der Waals surface area contributed by atoms with Crippen molar-refractivity contribution >= 4 is 23.2 Å². The fourth-order valence-electron chi connectivity index (χ4n) is 2.35. The van der Waals surface area contributed by atoms with Crippen molar-refractivity contribution in [1.82, 2.24) is 5.43 Å². The van der Waals surface area contributed by atoms with Crippen LogP contribution in [0.2, 0.25) is 10.0 Å². The number of nitrogens with two attached hydrogens (primary N) is 1. The Hall–Kier alpha value is -0.320. The lowest BCUT2D eigenvalue weighted by Gasteiger charge is -2.36. The van der Waals surface area contributed by atoms with Gasteiger partial charge in [0.25, 0.3) is 0 Å². The van der Waals surface area contributed by atoms with Gasteiger partial charge in [-0.25, -0.2) is 0 Å². The molecule has 0 bridgehead atoms. The van der Waals surface area contributed by atoms with E-state index < -0.39 is 0 Å². The predicted octanol–water partition coefficient (Wildman–Crippen LogP) is 3.82. The lowest BCUT2D eigenvalue weighted by atomic mass is 9.82. The lowest BCUT2D eigenvalue weighted by Crippen LogP contribution is -2.52. The summed E-state index contributed by atoms with van der Waals surface area (Å²) in [5, 5.41) is 1.31. The van der Waals surface area contributed by atoms with E-state index in [1.54, 1.807) is 0 Å². The van der Waals surface area contributed by atoms with Crippen LogP contribution in [0.1, 0.15) is 33.3 Å². The van der Waals surface area contributed by atoms with Crippen molar-refractivity contribution in [2.75, 3.05) is 6.61 Å². The number of hydrogen-bond donors (Lipinski definition) is 2. The molecular weight excluding hydrogens is 295 g/mol. The first-order valence-corrected chi connectivity index (χ1v) is 7.57. The van der Waals surface area contributed by atoms with Crippen LogP contribution in [0.25, 0.3) is 0 Å². The molecule has 1 aromatic rings. The van der Waals surface area contributed by atoms with Crippen LogP contribution < -0.4 is 11.3 Å². The van der Waals surface area contributed by atoms with Crippen LogP contribution in [-0.4, -0.2) is 18.8 Å². The maximum absolute atomic E-state index is 6.23. The van der Waals surface area contributed by atoms with Crippen molar-refractivity contribution in [2.24, 2.45) is 11.3 Å². The van der Waals surface area contributed by atoms with Gasteiger partial charge in [0.15, 0.2) is 0 Å². The summed E-state index contributed by atoms with van der Waals surface area (Å²) >= 11 is 12.5. The first-order chi connectivity index (χ1) is 9.31. The van der Waals surface area contributed by atoms with Crippen LogP contribution in [0.4, 0.5) is 0 Å². The zero-order valence-electron chi connectivity index (χ0n) is 12.5. The van der Waals surface area contributed by atoms with E-state index in [4.69, 9.17) is 33.8 Å². The van der Waals surface area contributed by atoms with Gasteiger partial charge >= 0.3 is 0 Å². The molecule has 0 aromatic heterocycles. The van der Waals surface area contributed by atoms with Gasteiger partial charge in [-0.15, -0.1) is 0 Å². The minimum absolute atomic E-state index is 0.0372. The molecule has 1 rings (SSSR count). The topological polar surface area (TPSA) is 47.3 Å². The third-order valence-corrected chi connectivity index (χ3v) is 3.97. The van der Waals surface area contributed by atoms with Crippen molar-refractivity contribution in [2.45, 2.75) is 46.3 Å². The van der Waals surface area contributed by atoms with Crippen LogP contribution in [0.15, 0.2) is 18.2 Å². The maximum Gasteiger partial charge on any atom is 0.0792 e. The van der Waals surface area contributed by atoms with Gasteiger partial charge in [-0.3, -0.25) is 11.3 Å². The van der Waals surface area contributed by atoms with Crippen LogP contribution in [-0.2, 0) is 11.2 Å². The molecular formula is C15H24Cl2N2O. The highest BCUT2D eigenvalue weighted by atomic mass is 35.5. The molecule has 3 nitrogen and oxygen atoms in total. The smallest absolute Gasteiger partial charge is 0.0792 e. The minimum atomic E-state index is -0.0626. The SMILES string of the molecule is CCOC(C(Cc1c(Cl)cccc1Cl)NN)C(C)(C)C. The highest BCUT2D eigenvalue weighted by Gasteiger charge is 2.33. The highest BCUT2D eigenvalue weighted by Crippen LogP contribution is 2.30. The Kier molecular flexibility index (Phi) is 6.76. The second kappa shape index (κ2) is 7.62. The molecule has 0 fully saturated rings. The number of benzene rings is 1. The molecule has 3 N–H and O–H groups in total. The normalized spacial score (nSPS) is 15.2. The van der Waals surface area contributed by atoms with Gasteiger partial charge in [-0.1, -0.05) is 50.0 Å². The Morgan fingerprint density at radius 3 is 2.20 bits per heavy atom. The second-order valence-electron chi connectivity index (χ2n) is 5.92. The van der Waals surface area contributed by atoms with Gasteiger partial charge in [0.2, 0.25) is 0 Å². The van der Waals surface area contributed by atoms with Gasteiger partial charge in [-0.05, 0) is 36.5 Å².